The Hall–Kier alpha value is -4.16. The standard InChI is InChI=1S/C22H16N4O2/c1-13-7-14(2)21-18(8-13)19(22(27)28)9-20(26-21)16-3-5-17(6-4-16)25-12-15(10-23)11-24/h3-9,12,25H,1-2H3,(H,27,28). The molecular formula is C22H16N4O2. The SMILES string of the molecule is Cc1cc(C)c2nc(-c3ccc(NC=C(C#N)C#N)cc3)cc(C(=O)O)c2c1. The Labute approximate surface area is 162 Å². The third-order valence-corrected chi connectivity index (χ3v) is 4.28. The molecule has 0 bridgehead atoms. The van der Waals surface area contributed by atoms with Crippen LogP contribution in [0.15, 0.2) is 54.2 Å². The average Bonchev–Trinajstić information content (AvgIpc) is 2.68. The maximum absolute atomic E-state index is 11.8. The van der Waals surface area contributed by atoms with E-state index in [1.807, 2.05) is 26.0 Å². The van der Waals surface area contributed by atoms with Crippen molar-refractivity contribution in [3.63, 3.8) is 0 Å². The topological polar surface area (TPSA) is 110 Å². The summed E-state index contributed by atoms with van der Waals surface area (Å²) in [7, 11) is 0. The average molecular weight is 368 g/mol. The predicted octanol–water partition coefficient (Wildman–Crippen LogP) is 4.56. The number of rotatable bonds is 4. The largest absolute Gasteiger partial charge is 0.478 e. The van der Waals surface area contributed by atoms with Gasteiger partial charge in [0, 0.05) is 22.8 Å². The molecule has 0 amide bonds. The van der Waals surface area contributed by atoms with Gasteiger partial charge in [0.05, 0.1) is 16.8 Å². The molecule has 0 aliphatic heterocycles. The van der Waals surface area contributed by atoms with Crippen LogP contribution in [0.2, 0.25) is 0 Å². The summed E-state index contributed by atoms with van der Waals surface area (Å²) < 4.78 is 0. The normalized spacial score (nSPS) is 10.0. The molecule has 2 aromatic carbocycles. The second-order valence-corrected chi connectivity index (χ2v) is 6.34. The van der Waals surface area contributed by atoms with Crippen LogP contribution in [0.1, 0.15) is 21.5 Å². The minimum Gasteiger partial charge on any atom is -0.478 e. The smallest absolute Gasteiger partial charge is 0.336 e. The van der Waals surface area contributed by atoms with Crippen LogP contribution in [-0.2, 0) is 0 Å². The molecule has 136 valence electrons. The van der Waals surface area contributed by atoms with Crippen molar-refractivity contribution in [1.82, 2.24) is 4.98 Å². The van der Waals surface area contributed by atoms with Gasteiger partial charge in [-0.1, -0.05) is 23.8 Å². The number of nitrogens with one attached hydrogen (secondary N) is 1. The number of carboxylic acids is 1. The van der Waals surface area contributed by atoms with Crippen molar-refractivity contribution in [2.45, 2.75) is 13.8 Å². The molecule has 3 aromatic rings. The molecule has 0 saturated heterocycles. The lowest BCUT2D eigenvalue weighted by Gasteiger charge is -2.11. The van der Waals surface area contributed by atoms with Crippen molar-refractivity contribution in [1.29, 1.82) is 10.5 Å². The molecule has 0 radical (unpaired) electrons. The first kappa shape index (κ1) is 18.6. The Morgan fingerprint density at radius 3 is 2.39 bits per heavy atom. The van der Waals surface area contributed by atoms with E-state index in [9.17, 15) is 9.90 Å². The van der Waals surface area contributed by atoms with Gasteiger partial charge in [-0.15, -0.1) is 0 Å². The van der Waals surface area contributed by atoms with E-state index in [0.29, 0.717) is 22.3 Å². The van der Waals surface area contributed by atoms with Crippen LogP contribution < -0.4 is 5.32 Å². The van der Waals surface area contributed by atoms with Crippen LogP contribution >= 0.6 is 0 Å². The highest BCUT2D eigenvalue weighted by molar-refractivity contribution is 6.04. The van der Waals surface area contributed by atoms with Gasteiger partial charge in [-0.3, -0.25) is 0 Å². The summed E-state index contributed by atoms with van der Waals surface area (Å²) in [6, 6.07) is 16.1. The Kier molecular flexibility index (Phi) is 5.06. The molecule has 1 heterocycles. The maximum Gasteiger partial charge on any atom is 0.336 e. The van der Waals surface area contributed by atoms with Crippen molar-refractivity contribution in [3.05, 3.63) is 70.9 Å². The summed E-state index contributed by atoms with van der Waals surface area (Å²) in [6.07, 6.45) is 1.33. The highest BCUT2D eigenvalue weighted by Crippen LogP contribution is 2.28. The quantitative estimate of drug-likeness (QED) is 0.653. The number of hydrogen-bond acceptors (Lipinski definition) is 5. The second kappa shape index (κ2) is 7.61. The van der Waals surface area contributed by atoms with Crippen molar-refractivity contribution in [2.75, 3.05) is 5.32 Å². The van der Waals surface area contributed by atoms with Crippen molar-refractivity contribution < 1.29 is 9.90 Å². The first-order valence-corrected chi connectivity index (χ1v) is 8.45. The van der Waals surface area contributed by atoms with E-state index in [4.69, 9.17) is 10.5 Å². The number of allylic oxidation sites excluding steroid dienone is 1. The van der Waals surface area contributed by atoms with E-state index in [1.165, 1.54) is 6.20 Å². The molecular weight excluding hydrogens is 352 g/mol. The van der Waals surface area contributed by atoms with Gasteiger partial charge >= 0.3 is 5.97 Å². The molecule has 0 saturated carbocycles. The van der Waals surface area contributed by atoms with Gasteiger partial charge in [0.2, 0.25) is 0 Å². The van der Waals surface area contributed by atoms with E-state index in [-0.39, 0.29) is 11.1 Å². The highest BCUT2D eigenvalue weighted by atomic mass is 16.4. The Morgan fingerprint density at radius 1 is 1.11 bits per heavy atom. The molecule has 0 aliphatic rings. The summed E-state index contributed by atoms with van der Waals surface area (Å²) >= 11 is 0. The summed E-state index contributed by atoms with van der Waals surface area (Å²) in [5, 5.41) is 30.7. The fourth-order valence-corrected chi connectivity index (χ4v) is 2.99. The number of pyridine rings is 1. The van der Waals surface area contributed by atoms with Crippen LogP contribution in [0.4, 0.5) is 5.69 Å². The molecule has 0 atom stereocenters. The molecule has 2 N–H and O–H groups in total. The molecule has 0 spiro atoms. The minimum atomic E-state index is -0.998. The number of carbonyl (C=O) groups is 1. The molecule has 28 heavy (non-hydrogen) atoms. The van der Waals surface area contributed by atoms with Gasteiger partial charge < -0.3 is 10.4 Å². The maximum atomic E-state index is 11.8. The summed E-state index contributed by atoms with van der Waals surface area (Å²) in [4.78, 5) is 16.5. The van der Waals surface area contributed by atoms with E-state index in [1.54, 1.807) is 42.5 Å². The van der Waals surface area contributed by atoms with Gasteiger partial charge in [-0.25, -0.2) is 9.78 Å². The number of carboxylic acid groups (broad SMARTS) is 1. The molecule has 0 unspecified atom stereocenters. The Bertz CT molecular complexity index is 1180. The first-order chi connectivity index (χ1) is 13.4. The van der Waals surface area contributed by atoms with Crippen LogP contribution in [0.25, 0.3) is 22.2 Å². The van der Waals surface area contributed by atoms with Gasteiger partial charge in [-0.05, 0) is 43.7 Å². The van der Waals surface area contributed by atoms with Crippen molar-refractivity contribution in [2.24, 2.45) is 0 Å². The lowest BCUT2D eigenvalue weighted by molar-refractivity contribution is 0.0699. The highest BCUT2D eigenvalue weighted by Gasteiger charge is 2.14. The Morgan fingerprint density at radius 2 is 1.79 bits per heavy atom. The van der Waals surface area contributed by atoms with Crippen LogP contribution in [-0.4, -0.2) is 16.1 Å². The number of benzene rings is 2. The third kappa shape index (κ3) is 3.67. The summed E-state index contributed by atoms with van der Waals surface area (Å²) in [5.41, 5.74) is 4.77. The third-order valence-electron chi connectivity index (χ3n) is 4.28. The number of aryl methyl sites for hydroxylation is 2. The van der Waals surface area contributed by atoms with E-state index in [0.717, 1.165) is 16.7 Å². The summed E-state index contributed by atoms with van der Waals surface area (Å²) in [5.74, 6) is -0.998. The van der Waals surface area contributed by atoms with Crippen LogP contribution in [0, 0.1) is 36.5 Å². The lowest BCUT2D eigenvalue weighted by atomic mass is 10.00. The zero-order valence-corrected chi connectivity index (χ0v) is 15.3. The van der Waals surface area contributed by atoms with Gasteiger partial charge in [0.25, 0.3) is 0 Å². The molecule has 0 aliphatic carbocycles. The number of hydrogen-bond donors (Lipinski definition) is 2. The number of fused-ring (bicyclic) bond motifs is 1. The molecule has 6 nitrogen and oxygen atoms in total. The molecule has 3 rings (SSSR count). The van der Waals surface area contributed by atoms with Crippen LogP contribution in [0.3, 0.4) is 0 Å². The fourth-order valence-electron chi connectivity index (χ4n) is 2.99. The minimum absolute atomic E-state index is 0.0304. The zero-order chi connectivity index (χ0) is 20.3. The predicted molar refractivity (Wildman–Crippen MR) is 107 cm³/mol. The lowest BCUT2D eigenvalue weighted by Crippen LogP contribution is -2.01. The van der Waals surface area contributed by atoms with Crippen LogP contribution in [0.5, 0.6) is 0 Å². The first-order valence-electron chi connectivity index (χ1n) is 8.45. The van der Waals surface area contributed by atoms with E-state index >= 15 is 0 Å². The van der Waals surface area contributed by atoms with E-state index < -0.39 is 5.97 Å². The molecule has 6 heteroatoms. The number of nitriles is 2. The second-order valence-electron chi connectivity index (χ2n) is 6.34. The van der Waals surface area contributed by atoms with Gasteiger partial charge in [-0.2, -0.15) is 10.5 Å². The Balaban J connectivity index is 2.05. The zero-order valence-electron chi connectivity index (χ0n) is 15.3. The van der Waals surface area contributed by atoms with Gasteiger partial charge in [0.15, 0.2) is 0 Å². The van der Waals surface area contributed by atoms with Crippen molar-refractivity contribution >= 4 is 22.6 Å². The summed E-state index contributed by atoms with van der Waals surface area (Å²) in [6.45, 7) is 3.84. The molecule has 0 fully saturated rings. The number of aromatic carboxylic acids is 1. The molecule has 1 aromatic heterocycles. The monoisotopic (exact) mass is 368 g/mol. The number of anilines is 1. The number of nitrogens with zero attached hydrogens (tertiary/aromatic N) is 3. The van der Waals surface area contributed by atoms with Gasteiger partial charge in [0.1, 0.15) is 17.7 Å². The van der Waals surface area contributed by atoms with E-state index in [2.05, 4.69) is 10.3 Å². The fraction of sp³-hybridized carbons (Fsp3) is 0.0909. The van der Waals surface area contributed by atoms with Crippen molar-refractivity contribution in [3.8, 4) is 23.4 Å². The number of aromatic nitrogens is 1.